The van der Waals surface area contributed by atoms with Crippen LogP contribution in [0.3, 0.4) is 0 Å². The third kappa shape index (κ3) is 3.54. The molecule has 0 aliphatic carbocycles. The van der Waals surface area contributed by atoms with Crippen LogP contribution in [-0.2, 0) is 6.42 Å². The molecule has 0 aliphatic heterocycles. The fraction of sp³-hybridized carbons (Fsp3) is 0.556. The Labute approximate surface area is 71.7 Å². The molecule has 0 saturated carbocycles. The summed E-state index contributed by atoms with van der Waals surface area (Å²) in [6.07, 6.45) is 2.96. The van der Waals surface area contributed by atoms with Gasteiger partial charge >= 0.3 is 0 Å². The third-order valence-corrected chi connectivity index (χ3v) is 2.40. The van der Waals surface area contributed by atoms with Gasteiger partial charge < -0.3 is 5.11 Å². The third-order valence-electron chi connectivity index (χ3n) is 1.67. The van der Waals surface area contributed by atoms with Crippen molar-refractivity contribution in [2.75, 3.05) is 0 Å². The number of aliphatic hydroxyl groups excluding tert-OH is 1. The summed E-state index contributed by atoms with van der Waals surface area (Å²) in [5.74, 6) is 0. The van der Waals surface area contributed by atoms with Gasteiger partial charge in [0.2, 0.25) is 0 Å². The molecular weight excluding hydrogens is 156 g/mol. The van der Waals surface area contributed by atoms with E-state index in [4.69, 9.17) is 5.11 Å². The Hall–Kier alpha value is -0.340. The molecule has 0 radical (unpaired) electrons. The highest BCUT2D eigenvalue weighted by molar-refractivity contribution is 7.07. The fourth-order valence-corrected chi connectivity index (χ4v) is 1.74. The van der Waals surface area contributed by atoms with E-state index in [9.17, 15) is 0 Å². The lowest BCUT2D eigenvalue weighted by Gasteiger charge is -2.01. The van der Waals surface area contributed by atoms with Crippen LogP contribution in [0.1, 0.15) is 25.3 Å². The number of aryl methyl sites for hydroxylation is 1. The quantitative estimate of drug-likeness (QED) is 0.736. The zero-order chi connectivity index (χ0) is 8.10. The molecule has 1 N–H and O–H groups in total. The largest absolute Gasteiger partial charge is 0.393 e. The molecule has 1 aromatic heterocycles. The minimum atomic E-state index is -0.145. The molecule has 1 atom stereocenters. The normalized spacial score (nSPS) is 13.3. The van der Waals surface area contributed by atoms with E-state index in [0.717, 1.165) is 19.3 Å². The second kappa shape index (κ2) is 4.52. The molecule has 0 fully saturated rings. The summed E-state index contributed by atoms with van der Waals surface area (Å²) in [6.45, 7) is 1.84. The lowest BCUT2D eigenvalue weighted by molar-refractivity contribution is 0.182. The summed E-state index contributed by atoms with van der Waals surface area (Å²) in [4.78, 5) is 0. The Morgan fingerprint density at radius 1 is 1.64 bits per heavy atom. The molecule has 2 heteroatoms. The van der Waals surface area contributed by atoms with E-state index in [1.54, 1.807) is 11.3 Å². The topological polar surface area (TPSA) is 20.2 Å². The zero-order valence-corrected chi connectivity index (χ0v) is 7.60. The maximum atomic E-state index is 8.98. The van der Waals surface area contributed by atoms with Gasteiger partial charge in [-0.05, 0) is 48.6 Å². The van der Waals surface area contributed by atoms with Crippen molar-refractivity contribution in [1.29, 1.82) is 0 Å². The van der Waals surface area contributed by atoms with E-state index in [-0.39, 0.29) is 6.10 Å². The second-order valence-corrected chi connectivity index (χ2v) is 3.65. The van der Waals surface area contributed by atoms with E-state index in [1.165, 1.54) is 5.56 Å². The van der Waals surface area contributed by atoms with Crippen LogP contribution >= 0.6 is 11.3 Å². The molecule has 1 nitrogen and oxygen atoms in total. The van der Waals surface area contributed by atoms with Crippen molar-refractivity contribution in [1.82, 2.24) is 0 Å². The maximum Gasteiger partial charge on any atom is 0.0512 e. The highest BCUT2D eigenvalue weighted by Crippen LogP contribution is 2.10. The Balaban J connectivity index is 2.14. The van der Waals surface area contributed by atoms with Crippen molar-refractivity contribution >= 4 is 11.3 Å². The Kier molecular flexibility index (Phi) is 3.60. The molecule has 0 aliphatic rings. The van der Waals surface area contributed by atoms with Crippen LogP contribution in [0.4, 0.5) is 0 Å². The van der Waals surface area contributed by atoms with Gasteiger partial charge in [0, 0.05) is 0 Å². The van der Waals surface area contributed by atoms with Crippen LogP contribution in [0, 0.1) is 0 Å². The predicted molar refractivity (Wildman–Crippen MR) is 48.9 cm³/mol. The minimum absolute atomic E-state index is 0.145. The van der Waals surface area contributed by atoms with Crippen LogP contribution in [0.15, 0.2) is 16.8 Å². The average Bonchev–Trinajstić information content (AvgIpc) is 2.39. The van der Waals surface area contributed by atoms with Crippen molar-refractivity contribution < 1.29 is 5.11 Å². The van der Waals surface area contributed by atoms with Crippen molar-refractivity contribution in [3.63, 3.8) is 0 Å². The summed E-state index contributed by atoms with van der Waals surface area (Å²) < 4.78 is 0. The van der Waals surface area contributed by atoms with Crippen molar-refractivity contribution in [3.8, 4) is 0 Å². The van der Waals surface area contributed by atoms with Crippen LogP contribution in [-0.4, -0.2) is 11.2 Å². The molecule has 62 valence electrons. The molecule has 1 rings (SSSR count). The molecular formula is C9H14OS. The van der Waals surface area contributed by atoms with Crippen molar-refractivity contribution in [3.05, 3.63) is 22.4 Å². The highest BCUT2D eigenvalue weighted by atomic mass is 32.1. The van der Waals surface area contributed by atoms with Crippen LogP contribution < -0.4 is 0 Å². The molecule has 0 amide bonds. The number of aliphatic hydroxyl groups is 1. The molecule has 11 heavy (non-hydrogen) atoms. The summed E-state index contributed by atoms with van der Waals surface area (Å²) in [7, 11) is 0. The summed E-state index contributed by atoms with van der Waals surface area (Å²) in [5.41, 5.74) is 1.40. The van der Waals surface area contributed by atoms with Gasteiger partial charge in [-0.25, -0.2) is 0 Å². The van der Waals surface area contributed by atoms with E-state index in [1.807, 2.05) is 6.92 Å². The Morgan fingerprint density at radius 3 is 3.00 bits per heavy atom. The number of hydrogen-bond donors (Lipinski definition) is 1. The van der Waals surface area contributed by atoms with Gasteiger partial charge in [0.15, 0.2) is 0 Å². The molecule has 0 saturated heterocycles. The summed E-state index contributed by atoms with van der Waals surface area (Å²) in [5, 5.41) is 13.2. The van der Waals surface area contributed by atoms with E-state index >= 15 is 0 Å². The molecule has 1 aromatic rings. The van der Waals surface area contributed by atoms with E-state index in [2.05, 4.69) is 16.8 Å². The Bertz CT molecular complexity index is 179. The van der Waals surface area contributed by atoms with Gasteiger partial charge in [0.25, 0.3) is 0 Å². The lowest BCUT2D eigenvalue weighted by atomic mass is 10.1. The number of thiophene rings is 1. The van der Waals surface area contributed by atoms with Crippen LogP contribution in [0.5, 0.6) is 0 Å². The maximum absolute atomic E-state index is 8.98. The first-order valence-corrected chi connectivity index (χ1v) is 4.92. The minimum Gasteiger partial charge on any atom is -0.393 e. The van der Waals surface area contributed by atoms with Gasteiger partial charge in [0.1, 0.15) is 0 Å². The van der Waals surface area contributed by atoms with E-state index < -0.39 is 0 Å². The predicted octanol–water partition coefficient (Wildman–Crippen LogP) is 2.45. The molecule has 0 aromatic carbocycles. The first kappa shape index (κ1) is 8.75. The molecule has 0 spiro atoms. The molecule has 0 bridgehead atoms. The van der Waals surface area contributed by atoms with E-state index in [0.29, 0.717) is 0 Å². The smallest absolute Gasteiger partial charge is 0.0512 e. The first-order chi connectivity index (χ1) is 5.29. The van der Waals surface area contributed by atoms with Crippen LogP contribution in [0.2, 0.25) is 0 Å². The molecule has 0 unspecified atom stereocenters. The van der Waals surface area contributed by atoms with Crippen molar-refractivity contribution in [2.24, 2.45) is 0 Å². The van der Waals surface area contributed by atoms with Crippen LogP contribution in [0.25, 0.3) is 0 Å². The fourth-order valence-electron chi connectivity index (χ4n) is 1.04. The van der Waals surface area contributed by atoms with Gasteiger partial charge in [-0.1, -0.05) is 0 Å². The first-order valence-electron chi connectivity index (χ1n) is 3.98. The van der Waals surface area contributed by atoms with Gasteiger partial charge in [0.05, 0.1) is 6.10 Å². The summed E-state index contributed by atoms with van der Waals surface area (Å²) in [6, 6.07) is 2.15. The number of rotatable bonds is 4. The SMILES string of the molecule is C[C@@H](O)CCCc1ccsc1. The van der Waals surface area contributed by atoms with Gasteiger partial charge in [-0.3, -0.25) is 0 Å². The highest BCUT2D eigenvalue weighted by Gasteiger charge is 1.96. The zero-order valence-electron chi connectivity index (χ0n) is 6.79. The summed E-state index contributed by atoms with van der Waals surface area (Å²) >= 11 is 1.74. The standard InChI is InChI=1S/C9H14OS/c1-8(10)3-2-4-9-5-6-11-7-9/h5-8,10H,2-4H2,1H3/t8-/m1/s1. The number of hydrogen-bond acceptors (Lipinski definition) is 2. The lowest BCUT2D eigenvalue weighted by Crippen LogP contribution is -1.99. The van der Waals surface area contributed by atoms with Gasteiger partial charge in [-0.15, -0.1) is 0 Å². The Morgan fingerprint density at radius 2 is 2.45 bits per heavy atom. The van der Waals surface area contributed by atoms with Crippen molar-refractivity contribution in [2.45, 2.75) is 32.3 Å². The average molecular weight is 170 g/mol. The second-order valence-electron chi connectivity index (χ2n) is 2.87. The van der Waals surface area contributed by atoms with Gasteiger partial charge in [-0.2, -0.15) is 11.3 Å². The molecule has 1 heterocycles. The monoisotopic (exact) mass is 170 g/mol.